The quantitative estimate of drug-likeness (QED) is 0.366. The van der Waals surface area contributed by atoms with E-state index in [1.807, 2.05) is 25.1 Å². The number of aryl methyl sites for hydroxylation is 1. The molecule has 1 aliphatic heterocycles. The molecule has 6 heteroatoms. The lowest BCUT2D eigenvalue weighted by molar-refractivity contribution is -0.118. The third-order valence-electron chi connectivity index (χ3n) is 3.96. The van der Waals surface area contributed by atoms with Crippen LogP contribution in [-0.4, -0.2) is 31.9 Å². The Bertz CT molecular complexity index is 740. The predicted molar refractivity (Wildman–Crippen MR) is 111 cm³/mol. The summed E-state index contributed by atoms with van der Waals surface area (Å²) in [4.78, 5) is 13.7. The van der Waals surface area contributed by atoms with Crippen LogP contribution in [0.2, 0.25) is 0 Å². The summed E-state index contributed by atoms with van der Waals surface area (Å²) in [5.74, 6) is 2.42. The first-order chi connectivity index (χ1) is 13.1. The van der Waals surface area contributed by atoms with Crippen molar-refractivity contribution in [3.05, 3.63) is 58.9 Å². The summed E-state index contributed by atoms with van der Waals surface area (Å²) >= 11 is 1.66. The number of hydrogen-bond acceptors (Lipinski definition) is 6. The van der Waals surface area contributed by atoms with E-state index in [9.17, 15) is 4.79 Å². The largest absolute Gasteiger partial charge is 0.495 e. The zero-order valence-corrected chi connectivity index (χ0v) is 16.8. The Labute approximate surface area is 165 Å². The number of Topliss-reactive ketones (excluding diaryl/α,β-unsaturated/α-hetero) is 1. The summed E-state index contributed by atoms with van der Waals surface area (Å²) in [6, 6.07) is 5.56. The lowest BCUT2D eigenvalue weighted by Crippen LogP contribution is -2.11. The molecule has 0 saturated carbocycles. The molecule has 0 radical (unpaired) electrons. The van der Waals surface area contributed by atoms with Gasteiger partial charge in [0.05, 0.1) is 26.0 Å². The number of hydrogen-bond donors (Lipinski definition) is 1. The molecule has 0 spiro atoms. The van der Waals surface area contributed by atoms with Crippen LogP contribution in [-0.2, 0) is 20.7 Å². The van der Waals surface area contributed by atoms with Crippen LogP contribution in [0.1, 0.15) is 25.3 Å². The summed E-state index contributed by atoms with van der Waals surface area (Å²) in [6.07, 6.45) is 5.16. The number of ketones is 1. The van der Waals surface area contributed by atoms with Gasteiger partial charge < -0.3 is 19.9 Å². The second-order valence-electron chi connectivity index (χ2n) is 5.99. The van der Waals surface area contributed by atoms with Gasteiger partial charge in [0.2, 0.25) is 0 Å². The highest BCUT2D eigenvalue weighted by Gasteiger charge is 2.17. The molecule has 0 fully saturated rings. The molecule has 0 unspecified atom stereocenters. The van der Waals surface area contributed by atoms with Crippen LogP contribution in [0.5, 0.6) is 5.75 Å². The molecule has 0 saturated heterocycles. The van der Waals surface area contributed by atoms with Crippen molar-refractivity contribution in [2.45, 2.75) is 26.2 Å². The van der Waals surface area contributed by atoms with E-state index in [1.165, 1.54) is 0 Å². The van der Waals surface area contributed by atoms with E-state index in [2.05, 4.69) is 6.58 Å². The average Bonchev–Trinajstić information content (AvgIpc) is 2.69. The van der Waals surface area contributed by atoms with E-state index in [0.29, 0.717) is 49.0 Å². The molecule has 0 bridgehead atoms. The maximum atomic E-state index is 12.7. The van der Waals surface area contributed by atoms with Crippen molar-refractivity contribution in [1.29, 1.82) is 0 Å². The van der Waals surface area contributed by atoms with E-state index in [1.54, 1.807) is 31.0 Å². The van der Waals surface area contributed by atoms with Gasteiger partial charge in [0, 0.05) is 23.2 Å². The third kappa shape index (κ3) is 6.10. The number of carbonyl (C=O) groups excluding carboxylic acids is 1. The smallest absolute Gasteiger partial charge is 0.197 e. The SMILES string of the molecule is C=CC1=C(/C=C(/OCCC)C(=O)CCc2ccc(OC)c(N)c2)OCCS1. The van der Waals surface area contributed by atoms with Crippen molar-refractivity contribution in [1.82, 2.24) is 0 Å². The molecule has 0 atom stereocenters. The summed E-state index contributed by atoms with van der Waals surface area (Å²) in [6.45, 7) is 6.90. The molecule has 1 aliphatic rings. The van der Waals surface area contributed by atoms with Crippen molar-refractivity contribution < 1.29 is 19.0 Å². The van der Waals surface area contributed by atoms with Gasteiger partial charge >= 0.3 is 0 Å². The average molecular weight is 390 g/mol. The van der Waals surface area contributed by atoms with Crippen molar-refractivity contribution in [3.8, 4) is 5.75 Å². The van der Waals surface area contributed by atoms with E-state index in [-0.39, 0.29) is 5.78 Å². The molecule has 2 N–H and O–H groups in total. The van der Waals surface area contributed by atoms with Crippen molar-refractivity contribution in [2.24, 2.45) is 0 Å². The molecule has 1 aromatic rings. The van der Waals surface area contributed by atoms with Crippen LogP contribution in [0.25, 0.3) is 0 Å². The minimum absolute atomic E-state index is 0.0621. The van der Waals surface area contributed by atoms with Crippen molar-refractivity contribution in [2.75, 3.05) is 31.8 Å². The number of ether oxygens (including phenoxy) is 3. The van der Waals surface area contributed by atoms with Gasteiger partial charge in [0.25, 0.3) is 0 Å². The van der Waals surface area contributed by atoms with Gasteiger partial charge in [-0.15, -0.1) is 11.8 Å². The first-order valence-corrected chi connectivity index (χ1v) is 10.00. The van der Waals surface area contributed by atoms with Crippen LogP contribution in [0.4, 0.5) is 5.69 Å². The van der Waals surface area contributed by atoms with Crippen LogP contribution in [0, 0.1) is 0 Å². The normalized spacial score (nSPS) is 14.5. The predicted octanol–water partition coefficient (Wildman–Crippen LogP) is 4.25. The van der Waals surface area contributed by atoms with E-state index in [0.717, 1.165) is 22.6 Å². The van der Waals surface area contributed by atoms with Crippen molar-refractivity contribution >= 4 is 23.2 Å². The van der Waals surface area contributed by atoms with Gasteiger partial charge in [-0.2, -0.15) is 0 Å². The minimum atomic E-state index is -0.0621. The van der Waals surface area contributed by atoms with Crippen molar-refractivity contribution in [3.63, 3.8) is 0 Å². The first kappa shape index (κ1) is 21.0. The highest BCUT2D eigenvalue weighted by atomic mass is 32.2. The Hall–Kier alpha value is -2.34. The van der Waals surface area contributed by atoms with Crippen LogP contribution in [0.3, 0.4) is 0 Å². The standard InChI is InChI=1S/C21H27NO4S/c1-4-10-25-19(14-20-21(5-2)27-12-11-26-20)17(23)8-6-15-7-9-18(24-3)16(22)13-15/h5,7,9,13-14H,2,4,6,8,10-12,22H2,1,3H3/b19-14+. The molecule has 0 aromatic heterocycles. The lowest BCUT2D eigenvalue weighted by atomic mass is 10.1. The molecule has 1 aromatic carbocycles. The second-order valence-corrected chi connectivity index (χ2v) is 7.12. The van der Waals surface area contributed by atoms with Crippen LogP contribution < -0.4 is 10.5 Å². The number of carbonyl (C=O) groups is 1. The molecular formula is C21H27NO4S. The Morgan fingerprint density at radius 2 is 2.26 bits per heavy atom. The molecule has 2 rings (SSSR count). The van der Waals surface area contributed by atoms with Gasteiger partial charge in [-0.25, -0.2) is 0 Å². The molecule has 0 amide bonds. The fraction of sp³-hybridized carbons (Fsp3) is 0.381. The Kier molecular flexibility index (Phi) is 8.33. The Morgan fingerprint density at radius 3 is 2.93 bits per heavy atom. The second kappa shape index (κ2) is 10.7. The summed E-state index contributed by atoms with van der Waals surface area (Å²) in [5.41, 5.74) is 7.48. The van der Waals surface area contributed by atoms with Gasteiger partial charge in [0.15, 0.2) is 11.5 Å². The maximum absolute atomic E-state index is 12.7. The maximum Gasteiger partial charge on any atom is 0.197 e. The van der Waals surface area contributed by atoms with E-state index in [4.69, 9.17) is 19.9 Å². The third-order valence-corrected chi connectivity index (χ3v) is 5.01. The highest BCUT2D eigenvalue weighted by Crippen LogP contribution is 2.28. The highest BCUT2D eigenvalue weighted by molar-refractivity contribution is 8.03. The van der Waals surface area contributed by atoms with Gasteiger partial charge in [-0.3, -0.25) is 4.79 Å². The van der Waals surface area contributed by atoms with Crippen LogP contribution in [0.15, 0.2) is 53.4 Å². The van der Waals surface area contributed by atoms with E-state index < -0.39 is 0 Å². The molecular weight excluding hydrogens is 362 g/mol. The minimum Gasteiger partial charge on any atom is -0.495 e. The number of thioether (sulfide) groups is 1. The Balaban J connectivity index is 2.12. The first-order valence-electron chi connectivity index (χ1n) is 9.01. The summed E-state index contributed by atoms with van der Waals surface area (Å²) in [5, 5.41) is 0. The number of methoxy groups -OCH3 is 1. The lowest BCUT2D eigenvalue weighted by Gasteiger charge is -2.18. The number of nitrogen functional groups attached to an aromatic ring is 1. The number of rotatable bonds is 10. The zero-order valence-electron chi connectivity index (χ0n) is 16.0. The van der Waals surface area contributed by atoms with Gasteiger partial charge in [0.1, 0.15) is 11.5 Å². The monoisotopic (exact) mass is 389 g/mol. The number of nitrogens with two attached hydrogens (primary N) is 1. The number of anilines is 1. The molecule has 0 aliphatic carbocycles. The van der Waals surface area contributed by atoms with Gasteiger partial charge in [-0.05, 0) is 30.5 Å². The van der Waals surface area contributed by atoms with E-state index >= 15 is 0 Å². The Morgan fingerprint density at radius 1 is 1.44 bits per heavy atom. The topological polar surface area (TPSA) is 70.8 Å². The summed E-state index contributed by atoms with van der Waals surface area (Å²) < 4.78 is 16.6. The molecule has 27 heavy (non-hydrogen) atoms. The fourth-order valence-electron chi connectivity index (χ4n) is 2.57. The number of benzene rings is 1. The van der Waals surface area contributed by atoms with Gasteiger partial charge in [-0.1, -0.05) is 25.6 Å². The molecule has 5 nitrogen and oxygen atoms in total. The fourth-order valence-corrected chi connectivity index (χ4v) is 3.34. The number of allylic oxidation sites excluding steroid dienone is 3. The zero-order chi connectivity index (χ0) is 19.6. The van der Waals surface area contributed by atoms with Crippen LogP contribution >= 0.6 is 11.8 Å². The molecule has 1 heterocycles. The summed E-state index contributed by atoms with van der Waals surface area (Å²) in [7, 11) is 1.58. The molecule has 146 valence electrons.